The summed E-state index contributed by atoms with van der Waals surface area (Å²) in [6.07, 6.45) is 2.74. The highest BCUT2D eigenvalue weighted by molar-refractivity contribution is 6.34. The molecule has 0 aliphatic carbocycles. The van der Waals surface area contributed by atoms with Gasteiger partial charge in [0.2, 0.25) is 0 Å². The number of fused-ring (bicyclic) bond motifs is 1. The first-order chi connectivity index (χ1) is 18.4. The van der Waals surface area contributed by atoms with Gasteiger partial charge in [-0.25, -0.2) is 0 Å². The maximum absolute atomic E-state index is 13.4. The van der Waals surface area contributed by atoms with E-state index in [4.69, 9.17) is 16.3 Å². The van der Waals surface area contributed by atoms with Crippen molar-refractivity contribution in [1.29, 1.82) is 0 Å². The van der Waals surface area contributed by atoms with Gasteiger partial charge in [0, 0.05) is 49.7 Å². The SMILES string of the molecule is O=C(Nc1ccc(N2CCc3ccccc3C2)c(C(=O)NCC2CCCO2)c1)c1ccc([N+](=O)[O-])cc1Cl. The van der Waals surface area contributed by atoms with Gasteiger partial charge in [-0.1, -0.05) is 35.9 Å². The molecule has 5 rings (SSSR count). The number of ether oxygens (including phenoxy) is 1. The van der Waals surface area contributed by atoms with Gasteiger partial charge in [0.1, 0.15) is 0 Å². The smallest absolute Gasteiger partial charge is 0.270 e. The van der Waals surface area contributed by atoms with Gasteiger partial charge in [0.15, 0.2) is 0 Å². The van der Waals surface area contributed by atoms with Crippen LogP contribution in [0.3, 0.4) is 0 Å². The van der Waals surface area contributed by atoms with Gasteiger partial charge in [-0.15, -0.1) is 0 Å². The molecule has 0 aromatic heterocycles. The number of rotatable bonds is 7. The first-order valence-electron chi connectivity index (χ1n) is 12.5. The van der Waals surface area contributed by atoms with Gasteiger partial charge in [0.25, 0.3) is 17.5 Å². The van der Waals surface area contributed by atoms with Crippen molar-refractivity contribution < 1.29 is 19.2 Å². The number of benzene rings is 3. The third-order valence-electron chi connectivity index (χ3n) is 6.89. The van der Waals surface area contributed by atoms with E-state index in [0.29, 0.717) is 30.9 Å². The van der Waals surface area contributed by atoms with Crippen LogP contribution in [-0.2, 0) is 17.7 Å². The van der Waals surface area contributed by atoms with E-state index in [9.17, 15) is 19.7 Å². The summed E-state index contributed by atoms with van der Waals surface area (Å²) < 4.78 is 5.65. The normalized spacial score (nSPS) is 16.6. The third-order valence-corrected chi connectivity index (χ3v) is 7.21. The molecular formula is C28H27ClN4O5. The van der Waals surface area contributed by atoms with E-state index < -0.39 is 10.8 Å². The van der Waals surface area contributed by atoms with Crippen LogP contribution in [0.4, 0.5) is 17.1 Å². The average Bonchev–Trinajstić information content (AvgIpc) is 3.45. The van der Waals surface area contributed by atoms with Crippen molar-refractivity contribution in [3.8, 4) is 0 Å². The fourth-order valence-electron chi connectivity index (χ4n) is 4.88. The van der Waals surface area contributed by atoms with E-state index in [1.54, 1.807) is 12.1 Å². The molecular weight excluding hydrogens is 508 g/mol. The first-order valence-corrected chi connectivity index (χ1v) is 12.9. The molecule has 1 unspecified atom stereocenters. The van der Waals surface area contributed by atoms with E-state index in [0.717, 1.165) is 37.6 Å². The maximum atomic E-state index is 13.4. The molecule has 0 saturated carbocycles. The molecule has 38 heavy (non-hydrogen) atoms. The maximum Gasteiger partial charge on any atom is 0.270 e. The van der Waals surface area contributed by atoms with Gasteiger partial charge in [-0.05, 0) is 54.7 Å². The number of carbonyl (C=O) groups is 2. The Bertz CT molecular complexity index is 1390. The largest absolute Gasteiger partial charge is 0.376 e. The van der Waals surface area contributed by atoms with Crippen LogP contribution in [0, 0.1) is 10.1 Å². The number of nitrogens with zero attached hydrogens (tertiary/aromatic N) is 2. The summed E-state index contributed by atoms with van der Waals surface area (Å²) >= 11 is 6.14. The minimum Gasteiger partial charge on any atom is -0.376 e. The Hall–Kier alpha value is -3.95. The second kappa shape index (κ2) is 11.2. The summed E-state index contributed by atoms with van der Waals surface area (Å²) in [6, 6.07) is 17.2. The number of non-ortho nitro benzene ring substituents is 1. The van der Waals surface area contributed by atoms with E-state index >= 15 is 0 Å². The van der Waals surface area contributed by atoms with Crippen LogP contribution in [0.5, 0.6) is 0 Å². The number of halogens is 1. The van der Waals surface area contributed by atoms with Gasteiger partial charge >= 0.3 is 0 Å². The minimum atomic E-state index is -0.577. The lowest BCUT2D eigenvalue weighted by Gasteiger charge is -2.32. The van der Waals surface area contributed by atoms with Crippen molar-refractivity contribution in [3.63, 3.8) is 0 Å². The van der Waals surface area contributed by atoms with Crippen molar-refractivity contribution in [2.45, 2.75) is 31.9 Å². The lowest BCUT2D eigenvalue weighted by atomic mass is 9.98. The molecule has 0 bridgehead atoms. The molecule has 3 aromatic carbocycles. The topological polar surface area (TPSA) is 114 Å². The van der Waals surface area contributed by atoms with Crippen LogP contribution in [0.1, 0.15) is 44.7 Å². The van der Waals surface area contributed by atoms with Crippen LogP contribution >= 0.6 is 11.6 Å². The lowest BCUT2D eigenvalue weighted by Crippen LogP contribution is -2.35. The molecule has 196 valence electrons. The van der Waals surface area contributed by atoms with Gasteiger partial charge in [-0.3, -0.25) is 19.7 Å². The zero-order chi connectivity index (χ0) is 26.6. The summed E-state index contributed by atoms with van der Waals surface area (Å²) in [5.74, 6) is -0.783. The predicted molar refractivity (Wildman–Crippen MR) is 145 cm³/mol. The Morgan fingerprint density at radius 1 is 1.05 bits per heavy atom. The van der Waals surface area contributed by atoms with Gasteiger partial charge < -0.3 is 20.3 Å². The number of carbonyl (C=O) groups excluding carboxylic acids is 2. The quantitative estimate of drug-likeness (QED) is 0.327. The van der Waals surface area contributed by atoms with Crippen molar-refractivity contribution in [2.75, 3.05) is 29.9 Å². The number of anilines is 2. The zero-order valence-electron chi connectivity index (χ0n) is 20.6. The summed E-state index contributed by atoms with van der Waals surface area (Å²) in [5.41, 5.74) is 4.03. The van der Waals surface area contributed by atoms with Crippen LogP contribution in [-0.4, -0.2) is 42.5 Å². The third kappa shape index (κ3) is 5.64. The highest BCUT2D eigenvalue weighted by Crippen LogP contribution is 2.30. The van der Waals surface area contributed by atoms with E-state index in [1.165, 1.54) is 23.3 Å². The summed E-state index contributed by atoms with van der Waals surface area (Å²) in [7, 11) is 0. The Labute approximate surface area is 224 Å². The minimum absolute atomic E-state index is 0.00331. The molecule has 0 spiro atoms. The summed E-state index contributed by atoms with van der Waals surface area (Å²) in [5, 5.41) is 16.7. The molecule has 2 aliphatic heterocycles. The lowest BCUT2D eigenvalue weighted by molar-refractivity contribution is -0.384. The fraction of sp³-hybridized carbons (Fsp3) is 0.286. The number of hydrogen-bond donors (Lipinski definition) is 2. The molecule has 2 aliphatic rings. The molecule has 2 N–H and O–H groups in total. The first kappa shape index (κ1) is 25.7. The van der Waals surface area contributed by atoms with Gasteiger partial charge in [-0.2, -0.15) is 0 Å². The Balaban J connectivity index is 1.40. The number of amides is 2. The number of hydrogen-bond acceptors (Lipinski definition) is 6. The van der Waals surface area contributed by atoms with Crippen molar-refractivity contribution >= 4 is 40.5 Å². The highest BCUT2D eigenvalue weighted by atomic mass is 35.5. The molecule has 2 heterocycles. The van der Waals surface area contributed by atoms with E-state index in [1.807, 2.05) is 18.2 Å². The van der Waals surface area contributed by atoms with E-state index in [-0.39, 0.29) is 28.3 Å². The Kier molecular flexibility index (Phi) is 7.57. The Morgan fingerprint density at radius 2 is 1.87 bits per heavy atom. The predicted octanol–water partition coefficient (Wildman–Crippen LogP) is 4.97. The molecule has 0 radical (unpaired) electrons. The fourth-order valence-corrected chi connectivity index (χ4v) is 5.14. The monoisotopic (exact) mass is 534 g/mol. The summed E-state index contributed by atoms with van der Waals surface area (Å²) in [4.78, 5) is 38.9. The second-order valence-electron chi connectivity index (χ2n) is 9.39. The van der Waals surface area contributed by atoms with Crippen LogP contribution in [0.15, 0.2) is 60.7 Å². The second-order valence-corrected chi connectivity index (χ2v) is 9.80. The number of nitro benzene ring substituents is 1. The molecule has 1 fully saturated rings. The number of nitrogens with one attached hydrogen (secondary N) is 2. The van der Waals surface area contributed by atoms with Crippen molar-refractivity contribution in [1.82, 2.24) is 5.32 Å². The molecule has 2 amide bonds. The van der Waals surface area contributed by atoms with Crippen LogP contribution in [0.2, 0.25) is 5.02 Å². The standard InChI is InChI=1S/C28H27ClN4O5/c29-25-15-21(33(36)37)8-9-23(25)28(35)31-20-7-10-26(32-12-11-18-4-1-2-5-19(18)17-32)24(14-20)27(34)30-16-22-6-3-13-38-22/h1-2,4-5,7-10,14-15,22H,3,6,11-13,16-17H2,(H,30,34)(H,31,35). The molecule has 3 aromatic rings. The molecule has 10 heteroatoms. The Morgan fingerprint density at radius 3 is 2.61 bits per heavy atom. The molecule has 9 nitrogen and oxygen atoms in total. The van der Waals surface area contributed by atoms with Crippen LogP contribution < -0.4 is 15.5 Å². The van der Waals surface area contributed by atoms with E-state index in [2.05, 4.69) is 27.7 Å². The van der Waals surface area contributed by atoms with Gasteiger partial charge in [0.05, 0.1) is 27.2 Å². The molecule has 1 atom stereocenters. The summed E-state index contributed by atoms with van der Waals surface area (Å²) in [6.45, 7) is 2.54. The van der Waals surface area contributed by atoms with Crippen LogP contribution in [0.25, 0.3) is 0 Å². The van der Waals surface area contributed by atoms with Crippen molar-refractivity contribution in [2.24, 2.45) is 0 Å². The number of nitro groups is 1. The molecule has 1 saturated heterocycles. The van der Waals surface area contributed by atoms with Crippen molar-refractivity contribution in [3.05, 3.63) is 98.1 Å². The highest BCUT2D eigenvalue weighted by Gasteiger charge is 2.24. The zero-order valence-corrected chi connectivity index (χ0v) is 21.4. The average molecular weight is 535 g/mol.